The van der Waals surface area contributed by atoms with Crippen molar-refractivity contribution in [3.8, 4) is 0 Å². The zero-order valence-corrected chi connectivity index (χ0v) is 17.3. The van der Waals surface area contributed by atoms with Crippen molar-refractivity contribution in [2.24, 2.45) is 0 Å². The van der Waals surface area contributed by atoms with Crippen molar-refractivity contribution in [3.63, 3.8) is 0 Å². The van der Waals surface area contributed by atoms with Crippen LogP contribution in [0.1, 0.15) is 38.9 Å². The highest BCUT2D eigenvalue weighted by Gasteiger charge is 2.19. The van der Waals surface area contributed by atoms with Crippen LogP contribution < -0.4 is 0 Å². The Morgan fingerprint density at radius 1 is 0.806 bits per heavy atom. The van der Waals surface area contributed by atoms with Gasteiger partial charge in [-0.1, -0.05) is 66.7 Å². The molecule has 156 valence electrons. The molecule has 0 atom stereocenters. The zero-order chi connectivity index (χ0) is 21.6. The largest absolute Gasteiger partial charge is 0.462 e. The van der Waals surface area contributed by atoms with Crippen LogP contribution in [0.15, 0.2) is 84.9 Å². The number of benzene rings is 3. The maximum Gasteiger partial charge on any atom is 0.355 e. The summed E-state index contributed by atoms with van der Waals surface area (Å²) >= 11 is 0. The first-order valence-electron chi connectivity index (χ1n) is 10.2. The average molecular weight is 413 g/mol. The van der Waals surface area contributed by atoms with E-state index in [1.807, 2.05) is 77.4 Å². The van der Waals surface area contributed by atoms with Crippen LogP contribution in [-0.4, -0.2) is 23.1 Å². The minimum Gasteiger partial charge on any atom is -0.462 e. The van der Waals surface area contributed by atoms with E-state index in [1.54, 1.807) is 19.1 Å². The Labute approximate surface area is 180 Å². The van der Waals surface area contributed by atoms with E-state index in [2.05, 4.69) is 0 Å². The monoisotopic (exact) mass is 413 g/mol. The van der Waals surface area contributed by atoms with Crippen LogP contribution in [-0.2, 0) is 22.6 Å². The molecule has 31 heavy (non-hydrogen) atoms. The van der Waals surface area contributed by atoms with Gasteiger partial charge in [-0.05, 0) is 36.2 Å². The van der Waals surface area contributed by atoms with Gasteiger partial charge in [0, 0.05) is 17.4 Å². The maximum atomic E-state index is 13.0. The van der Waals surface area contributed by atoms with Gasteiger partial charge < -0.3 is 14.0 Å². The van der Waals surface area contributed by atoms with Crippen molar-refractivity contribution in [1.29, 1.82) is 0 Å². The van der Waals surface area contributed by atoms with Crippen molar-refractivity contribution >= 4 is 22.8 Å². The van der Waals surface area contributed by atoms with Crippen LogP contribution in [0.3, 0.4) is 0 Å². The van der Waals surface area contributed by atoms with E-state index in [-0.39, 0.29) is 12.6 Å². The lowest BCUT2D eigenvalue weighted by molar-refractivity contribution is 0.0460. The second kappa shape index (κ2) is 9.30. The van der Waals surface area contributed by atoms with Gasteiger partial charge in [-0.25, -0.2) is 9.59 Å². The van der Waals surface area contributed by atoms with Gasteiger partial charge in [-0.3, -0.25) is 0 Å². The third kappa shape index (κ3) is 4.51. The van der Waals surface area contributed by atoms with Gasteiger partial charge in [0.15, 0.2) is 0 Å². The number of hydrogen-bond donors (Lipinski definition) is 0. The summed E-state index contributed by atoms with van der Waals surface area (Å²) in [4.78, 5) is 25.4. The van der Waals surface area contributed by atoms with Gasteiger partial charge in [-0.2, -0.15) is 0 Å². The molecule has 5 heteroatoms. The molecule has 1 aromatic heterocycles. The Balaban J connectivity index is 1.68. The number of ether oxygens (including phenoxy) is 2. The zero-order valence-electron chi connectivity index (χ0n) is 17.3. The van der Waals surface area contributed by atoms with Crippen molar-refractivity contribution in [2.45, 2.75) is 20.1 Å². The third-order valence-corrected chi connectivity index (χ3v) is 5.07. The summed E-state index contributed by atoms with van der Waals surface area (Å²) in [5, 5.41) is 0.933. The first-order valence-corrected chi connectivity index (χ1v) is 10.2. The molecule has 3 aromatic carbocycles. The fourth-order valence-corrected chi connectivity index (χ4v) is 3.58. The summed E-state index contributed by atoms with van der Waals surface area (Å²) in [7, 11) is 0. The van der Waals surface area contributed by atoms with Crippen LogP contribution in [0.2, 0.25) is 0 Å². The molecular weight excluding hydrogens is 390 g/mol. The van der Waals surface area contributed by atoms with E-state index in [0.717, 1.165) is 22.0 Å². The van der Waals surface area contributed by atoms with E-state index >= 15 is 0 Å². The molecule has 0 bridgehead atoms. The van der Waals surface area contributed by atoms with Crippen molar-refractivity contribution < 1.29 is 19.1 Å². The Morgan fingerprint density at radius 2 is 1.52 bits per heavy atom. The Hall–Kier alpha value is -3.86. The minimum absolute atomic E-state index is 0.195. The molecule has 4 aromatic rings. The number of carbonyl (C=O) groups is 2. The maximum absolute atomic E-state index is 13.0. The average Bonchev–Trinajstić information content (AvgIpc) is 3.17. The molecule has 0 amide bonds. The van der Waals surface area contributed by atoms with E-state index in [1.165, 1.54) is 0 Å². The van der Waals surface area contributed by atoms with E-state index < -0.39 is 5.97 Å². The van der Waals surface area contributed by atoms with Crippen molar-refractivity contribution in [3.05, 3.63) is 107 Å². The molecule has 0 aliphatic heterocycles. The highest BCUT2D eigenvalue weighted by Crippen LogP contribution is 2.24. The molecule has 0 fully saturated rings. The lowest BCUT2D eigenvalue weighted by Gasteiger charge is -2.14. The number of aromatic nitrogens is 1. The SMILES string of the molecule is CCOC(=O)c1ccccc1Cn1c(C(=O)OCc2ccccc2)cc2ccccc21. The fraction of sp³-hybridized carbons (Fsp3) is 0.154. The number of rotatable bonds is 7. The van der Waals surface area contributed by atoms with Crippen LogP contribution in [0, 0.1) is 0 Å². The summed E-state index contributed by atoms with van der Waals surface area (Å²) in [5.74, 6) is -0.781. The van der Waals surface area contributed by atoms with Gasteiger partial charge in [0.05, 0.1) is 12.2 Å². The van der Waals surface area contributed by atoms with Crippen LogP contribution in [0.5, 0.6) is 0 Å². The number of nitrogens with zero attached hydrogens (tertiary/aromatic N) is 1. The molecule has 0 radical (unpaired) electrons. The summed E-state index contributed by atoms with van der Waals surface area (Å²) in [6.07, 6.45) is 0. The molecule has 0 unspecified atom stereocenters. The Bertz CT molecular complexity index is 1210. The molecule has 0 N–H and O–H groups in total. The summed E-state index contributed by atoms with van der Waals surface area (Å²) in [6, 6.07) is 26.5. The van der Waals surface area contributed by atoms with Crippen LogP contribution >= 0.6 is 0 Å². The third-order valence-electron chi connectivity index (χ3n) is 5.07. The van der Waals surface area contributed by atoms with Gasteiger partial charge in [0.2, 0.25) is 0 Å². The predicted molar refractivity (Wildman–Crippen MR) is 119 cm³/mol. The quantitative estimate of drug-likeness (QED) is 0.390. The van der Waals surface area contributed by atoms with E-state index in [0.29, 0.717) is 24.4 Å². The van der Waals surface area contributed by atoms with E-state index in [9.17, 15) is 9.59 Å². The van der Waals surface area contributed by atoms with Crippen molar-refractivity contribution in [1.82, 2.24) is 4.57 Å². The number of carbonyl (C=O) groups excluding carboxylic acids is 2. The highest BCUT2D eigenvalue weighted by atomic mass is 16.5. The highest BCUT2D eigenvalue weighted by molar-refractivity contribution is 5.96. The molecule has 0 aliphatic carbocycles. The summed E-state index contributed by atoms with van der Waals surface area (Å²) in [5.41, 5.74) is 3.53. The molecule has 4 rings (SSSR count). The second-order valence-electron chi connectivity index (χ2n) is 7.11. The minimum atomic E-state index is -0.409. The van der Waals surface area contributed by atoms with Gasteiger partial charge >= 0.3 is 11.9 Å². The molecule has 5 nitrogen and oxygen atoms in total. The van der Waals surface area contributed by atoms with Crippen LogP contribution in [0.25, 0.3) is 10.9 Å². The van der Waals surface area contributed by atoms with Crippen molar-refractivity contribution in [2.75, 3.05) is 6.61 Å². The smallest absolute Gasteiger partial charge is 0.355 e. The molecule has 0 saturated heterocycles. The lowest BCUT2D eigenvalue weighted by atomic mass is 10.1. The molecule has 0 saturated carbocycles. The van der Waals surface area contributed by atoms with Gasteiger partial charge in [0.1, 0.15) is 12.3 Å². The Kier molecular flexibility index (Phi) is 6.13. The summed E-state index contributed by atoms with van der Waals surface area (Å²) < 4.78 is 12.7. The number of esters is 2. The number of fused-ring (bicyclic) bond motifs is 1. The normalized spacial score (nSPS) is 10.7. The molecule has 0 spiro atoms. The lowest BCUT2D eigenvalue weighted by Crippen LogP contribution is -2.15. The van der Waals surface area contributed by atoms with Crippen LogP contribution in [0.4, 0.5) is 0 Å². The number of hydrogen-bond acceptors (Lipinski definition) is 4. The van der Waals surface area contributed by atoms with Gasteiger partial charge in [-0.15, -0.1) is 0 Å². The Morgan fingerprint density at radius 3 is 2.32 bits per heavy atom. The first kappa shape index (κ1) is 20.4. The number of para-hydroxylation sites is 1. The summed E-state index contributed by atoms with van der Waals surface area (Å²) in [6.45, 7) is 2.62. The molecule has 0 aliphatic rings. The van der Waals surface area contributed by atoms with E-state index in [4.69, 9.17) is 9.47 Å². The topological polar surface area (TPSA) is 57.5 Å². The molecular formula is C26H23NO4. The van der Waals surface area contributed by atoms with Gasteiger partial charge in [0.25, 0.3) is 0 Å². The predicted octanol–water partition coefficient (Wildman–Crippen LogP) is 5.22. The fourth-order valence-electron chi connectivity index (χ4n) is 3.58. The molecule has 1 heterocycles. The standard InChI is InChI=1S/C26H23NO4/c1-2-30-25(28)22-14-8-6-13-21(22)17-27-23-15-9-7-12-20(23)16-24(27)26(29)31-18-19-10-4-3-5-11-19/h3-16H,2,17-18H2,1H3. The first-order chi connectivity index (χ1) is 15.2. The second-order valence-corrected chi connectivity index (χ2v) is 7.11.